The average molecular weight is 170 g/mol. The number of allylic oxidation sites excluding steroid dienone is 1. The van der Waals surface area contributed by atoms with Crippen LogP contribution in [0.15, 0.2) is 11.6 Å². The summed E-state index contributed by atoms with van der Waals surface area (Å²) in [6.45, 7) is 12.5. The van der Waals surface area contributed by atoms with Gasteiger partial charge in [0.25, 0.3) is 0 Å². The maximum atomic E-state index is 5.44. The third kappa shape index (κ3) is 9.70. The second-order valence-corrected chi connectivity index (χ2v) is 4.67. The quantitative estimate of drug-likeness (QED) is 0.464. The van der Waals surface area contributed by atoms with Crippen LogP contribution in [-0.4, -0.2) is 13.2 Å². The molecule has 0 N–H and O–H groups in total. The number of ether oxygens (including phenoxy) is 1. The van der Waals surface area contributed by atoms with Crippen LogP contribution in [0.1, 0.15) is 41.0 Å². The van der Waals surface area contributed by atoms with Gasteiger partial charge in [-0.1, -0.05) is 32.4 Å². The normalized spacial score (nSPS) is 11.4. The number of rotatable bonds is 4. The second-order valence-electron chi connectivity index (χ2n) is 4.67. The first-order valence-electron chi connectivity index (χ1n) is 4.63. The minimum atomic E-state index is 0.394. The Kier molecular flexibility index (Phi) is 5.23. The van der Waals surface area contributed by atoms with Crippen LogP contribution in [-0.2, 0) is 4.74 Å². The SMILES string of the molecule is CC(C)=CCOCCC(C)(C)C. The van der Waals surface area contributed by atoms with Gasteiger partial charge in [0.1, 0.15) is 0 Å². The van der Waals surface area contributed by atoms with Crippen molar-refractivity contribution in [3.05, 3.63) is 11.6 Å². The average Bonchev–Trinajstić information content (AvgIpc) is 1.83. The zero-order chi connectivity index (χ0) is 9.61. The Morgan fingerprint density at radius 2 is 1.83 bits per heavy atom. The number of hydrogen-bond acceptors (Lipinski definition) is 1. The predicted octanol–water partition coefficient (Wildman–Crippen LogP) is 3.41. The highest BCUT2D eigenvalue weighted by molar-refractivity contribution is 4.92. The van der Waals surface area contributed by atoms with E-state index in [0.29, 0.717) is 5.41 Å². The van der Waals surface area contributed by atoms with Crippen molar-refractivity contribution in [1.29, 1.82) is 0 Å². The third-order valence-corrected chi connectivity index (χ3v) is 1.61. The molecular formula is C11H22O. The summed E-state index contributed by atoms with van der Waals surface area (Å²) in [7, 11) is 0. The standard InChI is InChI=1S/C11H22O/c1-10(2)6-8-12-9-7-11(3,4)5/h6H,7-9H2,1-5H3. The van der Waals surface area contributed by atoms with Gasteiger partial charge in [0.15, 0.2) is 0 Å². The first-order valence-corrected chi connectivity index (χ1v) is 4.63. The third-order valence-electron chi connectivity index (χ3n) is 1.61. The van der Waals surface area contributed by atoms with E-state index in [1.165, 1.54) is 5.57 Å². The summed E-state index contributed by atoms with van der Waals surface area (Å²) in [6, 6.07) is 0. The van der Waals surface area contributed by atoms with Crippen molar-refractivity contribution < 1.29 is 4.74 Å². The second kappa shape index (κ2) is 5.36. The summed E-state index contributed by atoms with van der Waals surface area (Å²) < 4.78 is 5.44. The van der Waals surface area contributed by atoms with Crippen LogP contribution in [0.4, 0.5) is 0 Å². The lowest BCUT2D eigenvalue weighted by molar-refractivity contribution is 0.131. The molecule has 0 atom stereocenters. The Hall–Kier alpha value is -0.300. The topological polar surface area (TPSA) is 9.23 Å². The van der Waals surface area contributed by atoms with Crippen LogP contribution in [0.5, 0.6) is 0 Å². The van der Waals surface area contributed by atoms with Gasteiger partial charge in [-0.2, -0.15) is 0 Å². The summed E-state index contributed by atoms with van der Waals surface area (Å²) in [5, 5.41) is 0. The predicted molar refractivity (Wildman–Crippen MR) is 54.3 cm³/mol. The molecular weight excluding hydrogens is 148 g/mol. The molecule has 0 bridgehead atoms. The fraction of sp³-hybridized carbons (Fsp3) is 0.818. The van der Waals surface area contributed by atoms with Gasteiger partial charge in [-0.3, -0.25) is 0 Å². The lowest BCUT2D eigenvalue weighted by atomic mass is 9.93. The highest BCUT2D eigenvalue weighted by atomic mass is 16.5. The highest BCUT2D eigenvalue weighted by Crippen LogP contribution is 2.17. The minimum absolute atomic E-state index is 0.394. The fourth-order valence-corrected chi connectivity index (χ4v) is 0.687. The molecule has 0 aromatic carbocycles. The van der Waals surface area contributed by atoms with Gasteiger partial charge < -0.3 is 4.74 Å². The molecule has 0 unspecified atom stereocenters. The zero-order valence-electron chi connectivity index (χ0n) is 9.11. The molecule has 0 aromatic heterocycles. The van der Waals surface area contributed by atoms with Crippen molar-refractivity contribution in [2.75, 3.05) is 13.2 Å². The maximum Gasteiger partial charge on any atom is 0.0649 e. The molecule has 0 aliphatic carbocycles. The van der Waals surface area contributed by atoms with E-state index in [2.05, 4.69) is 40.7 Å². The van der Waals surface area contributed by atoms with Gasteiger partial charge in [0.05, 0.1) is 6.61 Å². The van der Waals surface area contributed by atoms with Crippen molar-refractivity contribution in [3.63, 3.8) is 0 Å². The van der Waals surface area contributed by atoms with E-state index in [9.17, 15) is 0 Å². The van der Waals surface area contributed by atoms with Crippen LogP contribution < -0.4 is 0 Å². The van der Waals surface area contributed by atoms with E-state index >= 15 is 0 Å². The van der Waals surface area contributed by atoms with Crippen LogP contribution in [0, 0.1) is 5.41 Å². The molecule has 0 aromatic rings. The molecule has 0 saturated carbocycles. The molecule has 0 aliphatic rings. The van der Waals surface area contributed by atoms with Gasteiger partial charge in [-0.15, -0.1) is 0 Å². The first-order chi connectivity index (χ1) is 5.42. The highest BCUT2D eigenvalue weighted by Gasteiger charge is 2.08. The van der Waals surface area contributed by atoms with Crippen molar-refractivity contribution in [2.45, 2.75) is 41.0 Å². The van der Waals surface area contributed by atoms with Gasteiger partial charge >= 0.3 is 0 Å². The summed E-state index contributed by atoms with van der Waals surface area (Å²) in [5.74, 6) is 0. The van der Waals surface area contributed by atoms with Crippen molar-refractivity contribution in [3.8, 4) is 0 Å². The first kappa shape index (κ1) is 11.7. The van der Waals surface area contributed by atoms with Crippen LogP contribution in [0.25, 0.3) is 0 Å². The molecule has 0 rings (SSSR count). The molecule has 0 saturated heterocycles. The Morgan fingerprint density at radius 3 is 2.25 bits per heavy atom. The van der Waals surface area contributed by atoms with Crippen molar-refractivity contribution in [1.82, 2.24) is 0 Å². The smallest absolute Gasteiger partial charge is 0.0649 e. The summed E-state index contributed by atoms with van der Waals surface area (Å²) >= 11 is 0. The summed E-state index contributed by atoms with van der Waals surface area (Å²) in [6.07, 6.45) is 3.24. The van der Waals surface area contributed by atoms with Crippen LogP contribution >= 0.6 is 0 Å². The number of hydrogen-bond donors (Lipinski definition) is 0. The van der Waals surface area contributed by atoms with Crippen LogP contribution in [0.3, 0.4) is 0 Å². The van der Waals surface area contributed by atoms with Crippen molar-refractivity contribution >= 4 is 0 Å². The molecule has 0 amide bonds. The Morgan fingerprint density at radius 1 is 1.25 bits per heavy atom. The minimum Gasteiger partial charge on any atom is -0.377 e. The van der Waals surface area contributed by atoms with Crippen molar-refractivity contribution in [2.24, 2.45) is 5.41 Å². The summed E-state index contributed by atoms with van der Waals surface area (Å²) in [5.41, 5.74) is 1.72. The lowest BCUT2D eigenvalue weighted by Gasteiger charge is -2.17. The largest absolute Gasteiger partial charge is 0.377 e. The molecule has 12 heavy (non-hydrogen) atoms. The Bertz CT molecular complexity index is 136. The lowest BCUT2D eigenvalue weighted by Crippen LogP contribution is -2.09. The maximum absolute atomic E-state index is 5.44. The van der Waals surface area contributed by atoms with E-state index < -0.39 is 0 Å². The molecule has 0 spiro atoms. The molecule has 1 heteroatoms. The van der Waals surface area contributed by atoms with E-state index in [-0.39, 0.29) is 0 Å². The Balaban J connectivity index is 3.29. The molecule has 0 heterocycles. The molecule has 1 nitrogen and oxygen atoms in total. The van der Waals surface area contributed by atoms with E-state index in [1.807, 2.05) is 0 Å². The van der Waals surface area contributed by atoms with Crippen LogP contribution in [0.2, 0.25) is 0 Å². The van der Waals surface area contributed by atoms with Gasteiger partial charge in [0.2, 0.25) is 0 Å². The zero-order valence-corrected chi connectivity index (χ0v) is 9.11. The molecule has 0 aliphatic heterocycles. The monoisotopic (exact) mass is 170 g/mol. The molecule has 0 radical (unpaired) electrons. The van der Waals surface area contributed by atoms with E-state index in [1.54, 1.807) is 0 Å². The fourth-order valence-electron chi connectivity index (χ4n) is 0.687. The van der Waals surface area contributed by atoms with Gasteiger partial charge in [-0.25, -0.2) is 0 Å². The molecule has 0 fully saturated rings. The van der Waals surface area contributed by atoms with E-state index in [0.717, 1.165) is 19.6 Å². The van der Waals surface area contributed by atoms with Gasteiger partial charge in [0, 0.05) is 6.61 Å². The van der Waals surface area contributed by atoms with E-state index in [4.69, 9.17) is 4.74 Å². The van der Waals surface area contributed by atoms with Gasteiger partial charge in [-0.05, 0) is 25.7 Å². The Labute approximate surface area is 76.8 Å². The summed E-state index contributed by atoms with van der Waals surface area (Å²) in [4.78, 5) is 0. The molecule has 72 valence electrons.